The predicted molar refractivity (Wildman–Crippen MR) is 58.7 cm³/mol. The van der Waals surface area contributed by atoms with Gasteiger partial charge in [0.25, 0.3) is 0 Å². The molecule has 0 amide bonds. The minimum Gasteiger partial charge on any atom is -0.281 e. The number of hydrogen-bond acceptors (Lipinski definition) is 2. The summed E-state index contributed by atoms with van der Waals surface area (Å²) in [6, 6.07) is 5.93. The molecule has 0 saturated heterocycles. The van der Waals surface area contributed by atoms with Gasteiger partial charge in [-0.1, -0.05) is 0 Å². The molecule has 0 fully saturated rings. The van der Waals surface area contributed by atoms with Crippen LogP contribution >= 0.6 is 27.7 Å². The summed E-state index contributed by atoms with van der Waals surface area (Å²) in [5, 5.41) is 0. The summed E-state index contributed by atoms with van der Waals surface area (Å²) >= 11 is 4.85. The van der Waals surface area contributed by atoms with Gasteiger partial charge in [0.15, 0.2) is 0 Å². The van der Waals surface area contributed by atoms with Gasteiger partial charge in [0, 0.05) is 10.5 Å². The second kappa shape index (κ2) is 3.84. The van der Waals surface area contributed by atoms with E-state index in [0.29, 0.717) is 0 Å². The van der Waals surface area contributed by atoms with Crippen LogP contribution in [0.25, 0.3) is 0 Å². The minimum atomic E-state index is -0.0223. The lowest BCUT2D eigenvalue weighted by Crippen LogP contribution is -2.00. The lowest BCUT2D eigenvalue weighted by Gasteiger charge is -2.14. The average Bonchev–Trinajstić information content (AvgIpc) is 2.17. The third-order valence-electron chi connectivity index (χ3n) is 2.14. The molecular weight excluding hydrogens is 248 g/mol. The Hall–Kier alpha value is -0.280. The van der Waals surface area contributed by atoms with Crippen molar-refractivity contribution in [2.45, 2.75) is 17.7 Å². The van der Waals surface area contributed by atoms with Crippen molar-refractivity contribution in [3.63, 3.8) is 0 Å². The van der Waals surface area contributed by atoms with E-state index < -0.39 is 0 Å². The molecule has 1 aromatic carbocycles. The van der Waals surface area contributed by atoms with E-state index >= 15 is 0 Å². The highest BCUT2D eigenvalue weighted by Gasteiger charge is 2.11. The van der Waals surface area contributed by atoms with Crippen molar-refractivity contribution in [1.82, 2.24) is 0 Å². The van der Waals surface area contributed by atoms with E-state index in [1.54, 1.807) is 0 Å². The van der Waals surface area contributed by atoms with Crippen molar-refractivity contribution in [3.8, 4) is 0 Å². The number of thioether (sulfide) groups is 1. The van der Waals surface area contributed by atoms with E-state index in [4.69, 9.17) is 0 Å². The molecule has 0 spiro atoms. The number of halogens is 1. The predicted octanol–water partition coefficient (Wildman–Crippen LogP) is 3.26. The normalized spacial score (nSPS) is 15.2. The minimum absolute atomic E-state index is 0.0223. The van der Waals surface area contributed by atoms with Crippen molar-refractivity contribution in [3.05, 3.63) is 29.3 Å². The van der Waals surface area contributed by atoms with Crippen molar-refractivity contribution >= 4 is 32.4 Å². The molecule has 0 bridgehead atoms. The molecule has 3 heteroatoms. The second-order valence-corrected chi connectivity index (χ2v) is 4.91. The first-order valence-corrected chi connectivity index (χ1v) is 6.01. The van der Waals surface area contributed by atoms with E-state index in [1.807, 2.05) is 30.0 Å². The smallest absolute Gasteiger partial charge is 0.228 e. The van der Waals surface area contributed by atoms with Crippen LogP contribution in [-0.4, -0.2) is 10.4 Å². The Labute approximate surface area is 90.0 Å². The zero-order valence-electron chi connectivity index (χ0n) is 7.05. The highest BCUT2D eigenvalue weighted by Crippen LogP contribution is 2.30. The van der Waals surface area contributed by atoms with E-state index in [0.717, 1.165) is 12.0 Å². The van der Waals surface area contributed by atoms with Gasteiger partial charge >= 0.3 is 0 Å². The Bertz CT molecular complexity index is 349. The summed E-state index contributed by atoms with van der Waals surface area (Å²) in [5.74, 6) is 1.20. The zero-order valence-corrected chi connectivity index (χ0v) is 9.45. The molecule has 0 aliphatic carbocycles. The molecule has 0 unspecified atom stereocenters. The van der Waals surface area contributed by atoms with E-state index in [2.05, 4.69) is 15.9 Å². The number of hydrogen-bond donors (Lipinski definition) is 0. The Morgan fingerprint density at radius 3 is 3.08 bits per heavy atom. The number of rotatable bonds is 1. The van der Waals surface area contributed by atoms with Gasteiger partial charge in [-0.05, 0) is 58.3 Å². The number of carbonyl (C=O) groups excluding carboxylic acids is 1. The number of carbonyl (C=O) groups is 1. The van der Waals surface area contributed by atoms with Gasteiger partial charge in [0.1, 0.15) is 0 Å². The SMILES string of the molecule is O=C(Br)c1ccc2c(c1)CCCS2. The third kappa shape index (κ3) is 1.97. The van der Waals surface area contributed by atoms with Crippen LogP contribution in [0.3, 0.4) is 0 Å². The maximum absolute atomic E-state index is 11.0. The lowest BCUT2D eigenvalue weighted by atomic mass is 10.1. The molecule has 2 rings (SSSR count). The van der Waals surface area contributed by atoms with Crippen molar-refractivity contribution in [2.24, 2.45) is 0 Å². The Morgan fingerprint density at radius 1 is 1.46 bits per heavy atom. The molecular formula is C10H9BrOS. The first-order chi connectivity index (χ1) is 6.27. The van der Waals surface area contributed by atoms with Gasteiger partial charge in [0.05, 0.1) is 0 Å². The number of benzene rings is 1. The third-order valence-corrected chi connectivity index (χ3v) is 3.80. The van der Waals surface area contributed by atoms with Gasteiger partial charge in [0.2, 0.25) is 4.69 Å². The van der Waals surface area contributed by atoms with Crippen LogP contribution in [0.15, 0.2) is 23.1 Å². The topological polar surface area (TPSA) is 17.1 Å². The van der Waals surface area contributed by atoms with Gasteiger partial charge < -0.3 is 0 Å². The highest BCUT2D eigenvalue weighted by molar-refractivity contribution is 9.18. The molecule has 0 radical (unpaired) electrons. The quantitative estimate of drug-likeness (QED) is 0.718. The summed E-state index contributed by atoms with van der Waals surface area (Å²) in [4.78, 5) is 12.4. The maximum atomic E-state index is 11.0. The highest BCUT2D eigenvalue weighted by atomic mass is 79.9. The lowest BCUT2D eigenvalue weighted by molar-refractivity contribution is 0.109. The molecule has 0 atom stereocenters. The average molecular weight is 257 g/mol. The van der Waals surface area contributed by atoms with Crippen LogP contribution in [0.4, 0.5) is 0 Å². The second-order valence-electron chi connectivity index (χ2n) is 3.05. The molecule has 68 valence electrons. The molecule has 1 aliphatic heterocycles. The zero-order chi connectivity index (χ0) is 9.26. The Morgan fingerprint density at radius 2 is 2.31 bits per heavy atom. The van der Waals surface area contributed by atoms with Crippen LogP contribution < -0.4 is 0 Å². The molecule has 1 aromatic rings. The van der Waals surface area contributed by atoms with Gasteiger partial charge in [-0.15, -0.1) is 11.8 Å². The maximum Gasteiger partial charge on any atom is 0.228 e. The first kappa shape index (κ1) is 9.28. The molecule has 0 N–H and O–H groups in total. The summed E-state index contributed by atoms with van der Waals surface area (Å²) < 4.78 is -0.0223. The van der Waals surface area contributed by atoms with Gasteiger partial charge in [-0.2, -0.15) is 0 Å². The largest absolute Gasteiger partial charge is 0.281 e. The van der Waals surface area contributed by atoms with Crippen molar-refractivity contribution in [2.75, 3.05) is 5.75 Å². The molecule has 13 heavy (non-hydrogen) atoms. The summed E-state index contributed by atoms with van der Waals surface area (Å²) in [7, 11) is 0. The molecule has 0 saturated carbocycles. The Balaban J connectivity index is 2.40. The summed E-state index contributed by atoms with van der Waals surface area (Å²) in [6.07, 6.45) is 2.33. The fourth-order valence-corrected chi connectivity index (χ4v) is 2.75. The number of fused-ring (bicyclic) bond motifs is 1. The van der Waals surface area contributed by atoms with Gasteiger partial charge in [-0.3, -0.25) is 4.79 Å². The molecule has 1 nitrogen and oxygen atoms in total. The number of aryl methyl sites for hydroxylation is 1. The van der Waals surface area contributed by atoms with Crippen LogP contribution in [-0.2, 0) is 6.42 Å². The van der Waals surface area contributed by atoms with Crippen molar-refractivity contribution < 1.29 is 4.79 Å². The van der Waals surface area contributed by atoms with E-state index in [9.17, 15) is 4.79 Å². The van der Waals surface area contributed by atoms with Crippen LogP contribution in [0, 0.1) is 0 Å². The standard InChI is InChI=1S/C10H9BrOS/c11-10(12)8-3-4-9-7(6-8)2-1-5-13-9/h3-4,6H,1-2,5H2. The summed E-state index contributed by atoms with van der Waals surface area (Å²) in [5.41, 5.74) is 2.09. The molecule has 0 aromatic heterocycles. The van der Waals surface area contributed by atoms with Crippen molar-refractivity contribution in [1.29, 1.82) is 0 Å². The van der Waals surface area contributed by atoms with Crippen LogP contribution in [0.5, 0.6) is 0 Å². The summed E-state index contributed by atoms with van der Waals surface area (Å²) in [6.45, 7) is 0. The molecule has 1 aliphatic rings. The monoisotopic (exact) mass is 256 g/mol. The van der Waals surface area contributed by atoms with E-state index in [1.165, 1.54) is 22.6 Å². The van der Waals surface area contributed by atoms with Crippen LogP contribution in [0.2, 0.25) is 0 Å². The fraction of sp³-hybridized carbons (Fsp3) is 0.300. The van der Waals surface area contributed by atoms with Crippen LogP contribution in [0.1, 0.15) is 22.3 Å². The first-order valence-electron chi connectivity index (χ1n) is 4.23. The van der Waals surface area contributed by atoms with E-state index in [-0.39, 0.29) is 4.69 Å². The van der Waals surface area contributed by atoms with Gasteiger partial charge in [-0.25, -0.2) is 0 Å². The Kier molecular flexibility index (Phi) is 2.74. The fourth-order valence-electron chi connectivity index (χ4n) is 1.48. The molecule has 1 heterocycles.